The average Bonchev–Trinajstić information content (AvgIpc) is 3.01. The molecule has 2 rings (SSSR count). The molecule has 4 nitrogen and oxygen atoms in total. The molecule has 1 aromatic heterocycles. The molecule has 118 valence electrons. The second kappa shape index (κ2) is 6.94. The molecule has 0 radical (unpaired) electrons. The van der Waals surface area contributed by atoms with E-state index in [0.717, 1.165) is 16.0 Å². The highest BCUT2D eigenvalue weighted by atomic mass is 32.1. The Balaban J connectivity index is 1.85. The van der Waals surface area contributed by atoms with Gasteiger partial charge in [0, 0.05) is 4.88 Å². The minimum Gasteiger partial charge on any atom is -0.483 e. The van der Waals surface area contributed by atoms with Gasteiger partial charge in [0.2, 0.25) is 0 Å². The van der Waals surface area contributed by atoms with E-state index in [9.17, 15) is 9.90 Å². The Hall–Kier alpha value is -1.85. The smallest absolute Gasteiger partial charge is 0.258 e. The molecular weight excluding hydrogens is 298 g/mol. The Morgan fingerprint density at radius 2 is 2.14 bits per heavy atom. The first kappa shape index (κ1) is 16.5. The van der Waals surface area contributed by atoms with Crippen LogP contribution < -0.4 is 10.1 Å². The van der Waals surface area contributed by atoms with Crippen molar-refractivity contribution in [3.05, 3.63) is 51.7 Å². The first-order chi connectivity index (χ1) is 10.4. The maximum absolute atomic E-state index is 11.9. The Morgan fingerprint density at radius 1 is 1.36 bits per heavy atom. The van der Waals surface area contributed by atoms with Gasteiger partial charge in [-0.1, -0.05) is 18.2 Å². The average molecular weight is 319 g/mol. The Bertz CT molecular complexity index is 635. The molecule has 1 heterocycles. The van der Waals surface area contributed by atoms with E-state index < -0.39 is 5.60 Å². The van der Waals surface area contributed by atoms with Gasteiger partial charge in [0.05, 0.1) is 6.54 Å². The fourth-order valence-electron chi connectivity index (χ4n) is 2.00. The summed E-state index contributed by atoms with van der Waals surface area (Å²) in [4.78, 5) is 12.7. The SMILES string of the molecule is Cc1ccc(C)c(OCC(=O)NCC(C)(O)c2cccs2)c1. The van der Waals surface area contributed by atoms with Crippen LogP contribution >= 0.6 is 11.3 Å². The van der Waals surface area contributed by atoms with Gasteiger partial charge >= 0.3 is 0 Å². The van der Waals surface area contributed by atoms with Crippen LogP contribution in [-0.4, -0.2) is 24.2 Å². The van der Waals surface area contributed by atoms with Crippen LogP contribution in [0.4, 0.5) is 0 Å². The van der Waals surface area contributed by atoms with Crippen molar-refractivity contribution >= 4 is 17.2 Å². The normalized spacial score (nSPS) is 13.5. The molecule has 0 aliphatic rings. The molecule has 1 atom stereocenters. The number of benzene rings is 1. The topological polar surface area (TPSA) is 58.6 Å². The molecule has 0 aliphatic heterocycles. The molecule has 0 bridgehead atoms. The van der Waals surface area contributed by atoms with Gasteiger partial charge in [-0.2, -0.15) is 0 Å². The van der Waals surface area contributed by atoms with Crippen LogP contribution in [0.5, 0.6) is 5.75 Å². The van der Waals surface area contributed by atoms with Gasteiger partial charge in [0.25, 0.3) is 5.91 Å². The van der Waals surface area contributed by atoms with E-state index in [2.05, 4.69) is 5.32 Å². The predicted octanol–water partition coefficient (Wildman–Crippen LogP) is 2.77. The first-order valence-corrected chi connectivity index (χ1v) is 7.99. The molecule has 22 heavy (non-hydrogen) atoms. The van der Waals surface area contributed by atoms with E-state index in [1.54, 1.807) is 6.92 Å². The number of hydrogen-bond donors (Lipinski definition) is 2. The van der Waals surface area contributed by atoms with Gasteiger partial charge in [0.15, 0.2) is 6.61 Å². The van der Waals surface area contributed by atoms with E-state index >= 15 is 0 Å². The van der Waals surface area contributed by atoms with Crippen molar-refractivity contribution in [3.63, 3.8) is 0 Å². The first-order valence-electron chi connectivity index (χ1n) is 7.11. The number of rotatable bonds is 6. The number of aliphatic hydroxyl groups is 1. The Labute approximate surface area is 134 Å². The summed E-state index contributed by atoms with van der Waals surface area (Å²) in [7, 11) is 0. The third-order valence-electron chi connectivity index (χ3n) is 3.38. The van der Waals surface area contributed by atoms with Crippen LogP contribution in [0.3, 0.4) is 0 Å². The maximum atomic E-state index is 11.9. The van der Waals surface area contributed by atoms with E-state index in [4.69, 9.17) is 4.74 Å². The van der Waals surface area contributed by atoms with Gasteiger partial charge in [0.1, 0.15) is 11.4 Å². The van der Waals surface area contributed by atoms with E-state index in [0.29, 0.717) is 5.75 Å². The molecule has 0 fully saturated rings. The minimum absolute atomic E-state index is 0.0647. The number of hydrogen-bond acceptors (Lipinski definition) is 4. The van der Waals surface area contributed by atoms with Gasteiger partial charge in [-0.3, -0.25) is 4.79 Å². The fraction of sp³-hybridized carbons (Fsp3) is 0.353. The summed E-state index contributed by atoms with van der Waals surface area (Å²) in [6.45, 7) is 5.69. The summed E-state index contributed by atoms with van der Waals surface area (Å²) >= 11 is 1.46. The lowest BCUT2D eigenvalue weighted by molar-refractivity contribution is -0.124. The molecule has 1 unspecified atom stereocenters. The molecular formula is C17H21NO3S. The van der Waals surface area contributed by atoms with E-state index in [-0.39, 0.29) is 19.1 Å². The zero-order valence-corrected chi connectivity index (χ0v) is 13.9. The minimum atomic E-state index is -1.07. The number of ether oxygens (including phenoxy) is 1. The quantitative estimate of drug-likeness (QED) is 0.861. The van der Waals surface area contributed by atoms with Gasteiger partial charge < -0.3 is 15.2 Å². The summed E-state index contributed by atoms with van der Waals surface area (Å²) in [5, 5.41) is 15.0. The van der Waals surface area contributed by atoms with Crippen molar-refractivity contribution < 1.29 is 14.6 Å². The molecule has 0 saturated heterocycles. The van der Waals surface area contributed by atoms with Crippen LogP contribution in [0.2, 0.25) is 0 Å². The lowest BCUT2D eigenvalue weighted by Gasteiger charge is -2.22. The van der Waals surface area contributed by atoms with Gasteiger partial charge in [-0.05, 0) is 49.4 Å². The second-order valence-corrected chi connectivity index (χ2v) is 6.53. The van der Waals surface area contributed by atoms with Crippen LogP contribution in [-0.2, 0) is 10.4 Å². The van der Waals surface area contributed by atoms with Crippen LogP contribution in [0.1, 0.15) is 22.9 Å². The lowest BCUT2D eigenvalue weighted by Crippen LogP contribution is -2.40. The van der Waals surface area contributed by atoms with Crippen molar-refractivity contribution in [2.45, 2.75) is 26.4 Å². The zero-order chi connectivity index (χ0) is 16.2. The standard InChI is InChI=1S/C17H21NO3S/c1-12-6-7-13(2)14(9-12)21-10-16(19)18-11-17(3,20)15-5-4-8-22-15/h4-9,20H,10-11H2,1-3H3,(H,18,19). The van der Waals surface area contributed by atoms with Crippen LogP contribution in [0.15, 0.2) is 35.7 Å². The summed E-state index contributed by atoms with van der Waals surface area (Å²) < 4.78 is 5.54. The zero-order valence-electron chi connectivity index (χ0n) is 13.1. The van der Waals surface area contributed by atoms with Crippen molar-refractivity contribution in [1.82, 2.24) is 5.32 Å². The summed E-state index contributed by atoms with van der Waals surface area (Å²) in [5.41, 5.74) is 1.01. The van der Waals surface area contributed by atoms with Crippen LogP contribution in [0.25, 0.3) is 0 Å². The second-order valence-electron chi connectivity index (χ2n) is 5.59. The van der Waals surface area contributed by atoms with Gasteiger partial charge in [-0.25, -0.2) is 0 Å². The van der Waals surface area contributed by atoms with Gasteiger partial charge in [-0.15, -0.1) is 11.3 Å². The Kier molecular flexibility index (Phi) is 5.21. The summed E-state index contributed by atoms with van der Waals surface area (Å²) in [6, 6.07) is 9.60. The third-order valence-corrected chi connectivity index (χ3v) is 4.51. The molecule has 2 N–H and O–H groups in total. The monoisotopic (exact) mass is 319 g/mol. The third kappa shape index (κ3) is 4.32. The van der Waals surface area contributed by atoms with Crippen LogP contribution in [0, 0.1) is 13.8 Å². The number of aryl methyl sites for hydroxylation is 2. The summed E-state index contributed by atoms with van der Waals surface area (Å²) in [5.74, 6) is 0.456. The predicted molar refractivity (Wildman–Crippen MR) is 88.3 cm³/mol. The number of thiophene rings is 1. The highest BCUT2D eigenvalue weighted by molar-refractivity contribution is 7.10. The molecule has 5 heteroatoms. The lowest BCUT2D eigenvalue weighted by atomic mass is 10.1. The van der Waals surface area contributed by atoms with Crippen molar-refractivity contribution in [1.29, 1.82) is 0 Å². The summed E-state index contributed by atoms with van der Waals surface area (Å²) in [6.07, 6.45) is 0. The highest BCUT2D eigenvalue weighted by Crippen LogP contribution is 2.24. The highest BCUT2D eigenvalue weighted by Gasteiger charge is 2.24. The number of carbonyl (C=O) groups is 1. The van der Waals surface area contributed by atoms with Crippen molar-refractivity contribution in [2.75, 3.05) is 13.2 Å². The largest absolute Gasteiger partial charge is 0.483 e. The van der Waals surface area contributed by atoms with Crippen molar-refractivity contribution in [3.8, 4) is 5.75 Å². The molecule has 1 aromatic carbocycles. The number of nitrogens with one attached hydrogen (secondary N) is 1. The van der Waals surface area contributed by atoms with E-state index in [1.165, 1.54) is 11.3 Å². The molecule has 1 amide bonds. The Morgan fingerprint density at radius 3 is 2.82 bits per heavy atom. The molecule has 2 aromatic rings. The fourth-order valence-corrected chi connectivity index (χ4v) is 2.79. The molecule has 0 saturated carbocycles. The van der Waals surface area contributed by atoms with Crippen molar-refractivity contribution in [2.24, 2.45) is 0 Å². The molecule has 0 aliphatic carbocycles. The maximum Gasteiger partial charge on any atom is 0.258 e. The molecule has 0 spiro atoms. The number of carbonyl (C=O) groups excluding carboxylic acids is 1. The van der Waals surface area contributed by atoms with E-state index in [1.807, 2.05) is 49.6 Å². The number of amides is 1.